The Morgan fingerprint density at radius 2 is 0.559 bits per heavy atom. The third kappa shape index (κ3) is 11.9. The molecule has 0 bridgehead atoms. The molecule has 0 spiro atoms. The first-order valence-electron chi connectivity index (χ1n) is 23.1. The van der Waals surface area contributed by atoms with E-state index in [9.17, 15) is 0 Å². The van der Waals surface area contributed by atoms with Crippen LogP contribution in [0.2, 0.25) is 0 Å². The van der Waals surface area contributed by atoms with E-state index >= 15 is 0 Å². The number of benzene rings is 8. The summed E-state index contributed by atoms with van der Waals surface area (Å²) in [5.74, 6) is 5.80. The van der Waals surface area contributed by atoms with Crippen LogP contribution in [0.15, 0.2) is 194 Å². The Balaban J connectivity index is 1.19. The quantitative estimate of drug-likeness (QED) is 0.0587. The molecule has 8 aromatic rings. The van der Waals surface area contributed by atoms with E-state index in [4.69, 9.17) is 37.0 Å². The number of rotatable bonds is 23. The lowest BCUT2D eigenvalue weighted by molar-refractivity contribution is 0.341. The van der Waals surface area contributed by atoms with Gasteiger partial charge in [0.15, 0.2) is 0 Å². The van der Waals surface area contributed by atoms with E-state index in [0.29, 0.717) is 61.7 Å². The highest BCUT2D eigenvalue weighted by atomic mass is 31.2. The number of hydrogen-bond donors (Lipinski definition) is 0. The van der Waals surface area contributed by atoms with Crippen molar-refractivity contribution in [1.82, 2.24) is 0 Å². The molecule has 0 saturated carbocycles. The fraction of sp³-hybridized carbons (Fsp3) is 0.172. The van der Waals surface area contributed by atoms with Gasteiger partial charge in [0.2, 0.25) is 0 Å². The first-order valence-corrected chi connectivity index (χ1v) is 25.8. The predicted molar refractivity (Wildman–Crippen MR) is 278 cm³/mol. The Labute approximate surface area is 403 Å². The fourth-order valence-electron chi connectivity index (χ4n) is 7.75. The topological polar surface area (TPSA) is 73.8 Å². The van der Waals surface area contributed by atoms with E-state index in [0.717, 1.165) is 67.5 Å². The summed E-state index contributed by atoms with van der Waals surface area (Å²) in [5, 5.41) is 0. The molecule has 0 amide bonds. The molecule has 8 rings (SSSR count). The van der Waals surface area contributed by atoms with Crippen LogP contribution in [0, 0.1) is 0 Å². The third-order valence-corrected chi connectivity index (χ3v) is 13.8. The Morgan fingerprint density at radius 3 is 0.912 bits per heavy atom. The van der Waals surface area contributed by atoms with Gasteiger partial charge in [-0.15, -0.1) is 0 Å². The standard InChI is InChI=1S/C58H56O8P2/c1-5-59-52-33-16-9-26-45(52)43-24-23-25-44(42-43)63-67(64-56-37-20-13-30-49(56)46-27-10-17-34-53(46)60-6-2)40-41-68(65-57-38-21-14-31-50(57)47-28-11-18-35-54(47)61-7-3)66-58-39-22-15-32-51(58)48-29-12-19-36-55(48)62-8-4/h9-39,42H,5-8,40-41H2,1-4H3. The molecule has 346 valence electrons. The first kappa shape index (κ1) is 47.5. The summed E-state index contributed by atoms with van der Waals surface area (Å²) in [6, 6.07) is 64.3. The highest BCUT2D eigenvalue weighted by molar-refractivity contribution is 7.52. The minimum Gasteiger partial charge on any atom is -0.493 e. The van der Waals surface area contributed by atoms with Crippen molar-refractivity contribution in [1.29, 1.82) is 0 Å². The average Bonchev–Trinajstić information content (AvgIpc) is 3.37. The number of hydrogen-bond acceptors (Lipinski definition) is 8. The van der Waals surface area contributed by atoms with Gasteiger partial charge in [0.25, 0.3) is 16.8 Å². The molecule has 8 aromatic carbocycles. The normalized spacial score (nSPS) is 11.4. The van der Waals surface area contributed by atoms with Crippen molar-refractivity contribution < 1.29 is 37.0 Å². The summed E-state index contributed by atoms with van der Waals surface area (Å²) < 4.78 is 52.7. The lowest BCUT2D eigenvalue weighted by Gasteiger charge is -2.25. The summed E-state index contributed by atoms with van der Waals surface area (Å²) in [5.41, 5.74) is 7.40. The van der Waals surface area contributed by atoms with E-state index in [1.807, 2.05) is 173 Å². The number of para-hydroxylation sites is 7. The Hall–Kier alpha value is -6.98. The van der Waals surface area contributed by atoms with Gasteiger partial charge >= 0.3 is 0 Å². The molecule has 10 heteroatoms. The second kappa shape index (κ2) is 24.2. The monoisotopic (exact) mass is 942 g/mol. The van der Waals surface area contributed by atoms with Crippen molar-refractivity contribution in [2.45, 2.75) is 27.7 Å². The molecule has 0 saturated heterocycles. The Kier molecular flexibility index (Phi) is 16.9. The summed E-state index contributed by atoms with van der Waals surface area (Å²) in [6.45, 7) is 10.1. The van der Waals surface area contributed by atoms with Crippen LogP contribution < -0.4 is 37.0 Å². The molecule has 0 heterocycles. The maximum atomic E-state index is 7.13. The highest BCUT2D eigenvalue weighted by Gasteiger charge is 2.27. The van der Waals surface area contributed by atoms with Gasteiger partial charge in [0.1, 0.15) is 46.0 Å². The van der Waals surface area contributed by atoms with Crippen LogP contribution in [-0.4, -0.2) is 38.8 Å². The van der Waals surface area contributed by atoms with Crippen molar-refractivity contribution in [3.8, 4) is 90.5 Å². The lowest BCUT2D eigenvalue weighted by atomic mass is 10.0. The second-order valence-corrected chi connectivity index (χ2v) is 18.2. The SMILES string of the molecule is CCOc1ccccc1-c1cccc(OP(CCP(Oc2ccccc2-c2ccccc2OCC)Oc2ccccc2-c2ccccc2OCC)Oc2ccccc2-c2ccccc2OCC)c1. The van der Waals surface area contributed by atoms with Gasteiger partial charge in [-0.25, -0.2) is 0 Å². The molecule has 0 radical (unpaired) electrons. The predicted octanol–water partition coefficient (Wildman–Crippen LogP) is 16.2. The smallest absolute Gasteiger partial charge is 0.291 e. The molecule has 1 atom stereocenters. The van der Waals surface area contributed by atoms with Gasteiger partial charge in [-0.3, -0.25) is 0 Å². The van der Waals surface area contributed by atoms with Crippen LogP contribution >= 0.6 is 16.8 Å². The van der Waals surface area contributed by atoms with Gasteiger partial charge in [-0.05, 0) is 87.9 Å². The Morgan fingerprint density at radius 1 is 0.279 bits per heavy atom. The molecular formula is C58H56O8P2. The number of ether oxygens (including phenoxy) is 4. The van der Waals surface area contributed by atoms with Crippen molar-refractivity contribution in [3.05, 3.63) is 194 Å². The van der Waals surface area contributed by atoms with Gasteiger partial charge in [0, 0.05) is 38.9 Å². The lowest BCUT2D eigenvalue weighted by Crippen LogP contribution is -2.09. The molecule has 8 nitrogen and oxygen atoms in total. The van der Waals surface area contributed by atoms with Gasteiger partial charge in [-0.1, -0.05) is 140 Å². The molecule has 0 fully saturated rings. The summed E-state index contributed by atoms with van der Waals surface area (Å²) in [4.78, 5) is 0. The molecular weight excluding hydrogens is 887 g/mol. The maximum absolute atomic E-state index is 7.13. The molecule has 0 aliphatic rings. The van der Waals surface area contributed by atoms with Crippen LogP contribution in [0.3, 0.4) is 0 Å². The van der Waals surface area contributed by atoms with Crippen LogP contribution in [-0.2, 0) is 0 Å². The zero-order valence-electron chi connectivity index (χ0n) is 38.9. The maximum Gasteiger partial charge on any atom is 0.291 e. The van der Waals surface area contributed by atoms with E-state index < -0.39 is 16.8 Å². The van der Waals surface area contributed by atoms with Crippen molar-refractivity contribution >= 4 is 16.8 Å². The van der Waals surface area contributed by atoms with E-state index in [2.05, 4.69) is 48.5 Å². The van der Waals surface area contributed by atoms with Crippen molar-refractivity contribution in [2.24, 2.45) is 0 Å². The largest absolute Gasteiger partial charge is 0.493 e. The van der Waals surface area contributed by atoms with Gasteiger partial charge < -0.3 is 37.0 Å². The Bertz CT molecular complexity index is 2770. The van der Waals surface area contributed by atoms with Crippen LogP contribution in [0.5, 0.6) is 46.0 Å². The zero-order valence-corrected chi connectivity index (χ0v) is 40.7. The summed E-state index contributed by atoms with van der Waals surface area (Å²) in [6.07, 6.45) is 0.881. The van der Waals surface area contributed by atoms with Gasteiger partial charge in [0.05, 0.1) is 38.8 Å². The third-order valence-electron chi connectivity index (χ3n) is 10.7. The van der Waals surface area contributed by atoms with Crippen LogP contribution in [0.1, 0.15) is 27.7 Å². The average molecular weight is 943 g/mol. The summed E-state index contributed by atoms with van der Waals surface area (Å²) >= 11 is 0. The fourth-order valence-corrected chi connectivity index (χ4v) is 11.0. The van der Waals surface area contributed by atoms with Crippen LogP contribution in [0.4, 0.5) is 0 Å². The van der Waals surface area contributed by atoms with Crippen molar-refractivity contribution in [2.75, 3.05) is 38.8 Å². The molecule has 0 aliphatic carbocycles. The zero-order chi connectivity index (χ0) is 46.9. The van der Waals surface area contributed by atoms with E-state index in [-0.39, 0.29) is 0 Å². The second-order valence-electron chi connectivity index (χ2n) is 15.2. The minimum atomic E-state index is -1.72. The first-order chi connectivity index (χ1) is 33.6. The van der Waals surface area contributed by atoms with Crippen LogP contribution in [0.25, 0.3) is 44.5 Å². The summed E-state index contributed by atoms with van der Waals surface area (Å²) in [7, 11) is -3.41. The van der Waals surface area contributed by atoms with E-state index in [1.165, 1.54) is 0 Å². The molecule has 68 heavy (non-hydrogen) atoms. The van der Waals surface area contributed by atoms with Crippen molar-refractivity contribution in [3.63, 3.8) is 0 Å². The molecule has 0 aromatic heterocycles. The van der Waals surface area contributed by atoms with Gasteiger partial charge in [-0.2, -0.15) is 0 Å². The molecule has 0 aliphatic heterocycles. The molecule has 0 N–H and O–H groups in total. The molecule has 1 unspecified atom stereocenters. The van der Waals surface area contributed by atoms with E-state index in [1.54, 1.807) is 0 Å². The highest BCUT2D eigenvalue weighted by Crippen LogP contribution is 2.52. The minimum absolute atomic E-state index is 0.439.